The number of benzene rings is 3. The van der Waals surface area contributed by atoms with Crippen molar-refractivity contribution in [2.45, 2.75) is 19.1 Å². The number of hydrogen-bond donors (Lipinski definition) is 1. The topological polar surface area (TPSA) is 65.6 Å². The third kappa shape index (κ3) is 2.89. The van der Waals surface area contributed by atoms with Crippen LogP contribution in [0.1, 0.15) is 17.3 Å². The Morgan fingerprint density at radius 3 is 2.30 bits per heavy atom. The molecule has 6 rings (SSSR count). The summed E-state index contributed by atoms with van der Waals surface area (Å²) in [6.07, 6.45) is -0.971. The predicted molar refractivity (Wildman–Crippen MR) is 122 cm³/mol. The van der Waals surface area contributed by atoms with E-state index < -0.39 is 29.8 Å². The maximum atomic E-state index is 13.7. The fraction of sp³-hybridized carbons (Fsp3) is 0.154. The number of fused-ring (bicyclic) bond motifs is 2. The van der Waals surface area contributed by atoms with Gasteiger partial charge in [0.1, 0.15) is 11.7 Å². The molecule has 1 N–H and O–H groups in total. The van der Waals surface area contributed by atoms with Gasteiger partial charge in [-0.1, -0.05) is 36.4 Å². The van der Waals surface area contributed by atoms with Gasteiger partial charge < -0.3 is 4.98 Å². The zero-order chi connectivity index (χ0) is 22.7. The van der Waals surface area contributed by atoms with Crippen molar-refractivity contribution >= 4 is 34.1 Å². The highest BCUT2D eigenvalue weighted by Gasteiger charge is 2.60. The number of aromatic amines is 1. The summed E-state index contributed by atoms with van der Waals surface area (Å²) in [6, 6.07) is 22.2. The number of amides is 2. The number of rotatable bonds is 3. The summed E-state index contributed by atoms with van der Waals surface area (Å²) in [5, 5.41) is 2.67. The van der Waals surface area contributed by atoms with E-state index in [1.54, 1.807) is 5.06 Å². The van der Waals surface area contributed by atoms with Gasteiger partial charge in [0.15, 0.2) is 6.10 Å². The third-order valence-corrected chi connectivity index (χ3v) is 6.45. The molecule has 0 unspecified atom stereocenters. The quantitative estimate of drug-likeness (QED) is 0.470. The lowest BCUT2D eigenvalue weighted by Gasteiger charge is -2.29. The number of anilines is 2. The molecule has 2 aliphatic rings. The van der Waals surface area contributed by atoms with Crippen LogP contribution in [0.2, 0.25) is 0 Å². The summed E-state index contributed by atoms with van der Waals surface area (Å²) in [5.74, 6) is -1.99. The van der Waals surface area contributed by atoms with Crippen molar-refractivity contribution < 1.29 is 18.8 Å². The monoisotopic (exact) mass is 441 g/mol. The first-order valence-corrected chi connectivity index (χ1v) is 10.8. The zero-order valence-corrected chi connectivity index (χ0v) is 17.7. The maximum Gasteiger partial charge on any atom is 0.266 e. The minimum atomic E-state index is -0.971. The number of hydroxylamine groups is 1. The molecular weight excluding hydrogens is 421 g/mol. The average molecular weight is 441 g/mol. The molecule has 0 spiro atoms. The molecule has 1 aromatic heterocycles. The van der Waals surface area contributed by atoms with Crippen molar-refractivity contribution in [3.05, 3.63) is 95.9 Å². The first kappa shape index (κ1) is 19.7. The van der Waals surface area contributed by atoms with E-state index in [1.165, 1.54) is 24.3 Å². The highest BCUT2D eigenvalue weighted by Crippen LogP contribution is 2.49. The SMILES string of the molecule is Cc1[nH]c2ccccc2c1[C@@H]1[C@@H]2C(=O)N(c3ccc(F)cc3)C(=O)[C@@H]2ON1c1ccccc1. The number of hydrogen-bond acceptors (Lipinski definition) is 4. The van der Waals surface area contributed by atoms with Gasteiger partial charge in [-0.25, -0.2) is 14.4 Å². The number of carbonyl (C=O) groups excluding carboxylic acids is 2. The molecule has 0 aliphatic carbocycles. The van der Waals surface area contributed by atoms with Gasteiger partial charge in [-0.3, -0.25) is 14.4 Å². The van der Waals surface area contributed by atoms with E-state index in [2.05, 4.69) is 4.98 Å². The number of nitrogens with one attached hydrogen (secondary N) is 1. The molecule has 0 radical (unpaired) electrons. The summed E-state index contributed by atoms with van der Waals surface area (Å²) in [6.45, 7) is 1.96. The number of aromatic nitrogens is 1. The number of H-pyrrole nitrogens is 1. The molecule has 2 aliphatic heterocycles. The summed E-state index contributed by atoms with van der Waals surface area (Å²) < 4.78 is 13.5. The van der Waals surface area contributed by atoms with E-state index in [-0.39, 0.29) is 5.91 Å². The molecule has 7 heteroatoms. The summed E-state index contributed by atoms with van der Waals surface area (Å²) in [4.78, 5) is 37.8. The average Bonchev–Trinajstić information content (AvgIpc) is 3.44. The number of halogens is 1. The second-order valence-electron chi connectivity index (χ2n) is 8.36. The fourth-order valence-corrected chi connectivity index (χ4v) is 5.03. The standard InChI is InChI=1S/C26H20FN3O3/c1-15-21(19-9-5-6-10-20(19)28-15)23-22-24(33-30(23)18-7-3-2-4-8-18)26(32)29(25(22)31)17-13-11-16(27)12-14-17/h2-14,22-24,28H,1H3/t22-,23+,24+/m0/s1. The van der Waals surface area contributed by atoms with Crippen LogP contribution in [-0.4, -0.2) is 22.9 Å². The summed E-state index contributed by atoms with van der Waals surface area (Å²) in [7, 11) is 0. The highest BCUT2D eigenvalue weighted by molar-refractivity contribution is 6.24. The Labute approximate surface area is 189 Å². The Morgan fingerprint density at radius 2 is 1.55 bits per heavy atom. The van der Waals surface area contributed by atoms with Gasteiger partial charge in [-0.15, -0.1) is 0 Å². The smallest absolute Gasteiger partial charge is 0.266 e. The zero-order valence-electron chi connectivity index (χ0n) is 17.7. The molecule has 4 aromatic rings. The van der Waals surface area contributed by atoms with Crippen LogP contribution >= 0.6 is 0 Å². The van der Waals surface area contributed by atoms with Crippen molar-refractivity contribution in [1.82, 2.24) is 4.98 Å². The van der Waals surface area contributed by atoms with Crippen LogP contribution in [0.5, 0.6) is 0 Å². The van der Waals surface area contributed by atoms with Crippen molar-refractivity contribution in [1.29, 1.82) is 0 Å². The Kier molecular flexibility index (Phi) is 4.35. The molecule has 3 heterocycles. The fourth-order valence-electron chi connectivity index (χ4n) is 5.03. The third-order valence-electron chi connectivity index (χ3n) is 6.45. The van der Waals surface area contributed by atoms with Crippen LogP contribution in [0.3, 0.4) is 0 Å². The number of carbonyl (C=O) groups is 2. The van der Waals surface area contributed by atoms with Gasteiger partial charge in [-0.05, 0) is 49.4 Å². The normalized spacial score (nSPS) is 22.4. The second kappa shape index (κ2) is 7.28. The Morgan fingerprint density at radius 1 is 0.848 bits per heavy atom. The van der Waals surface area contributed by atoms with Crippen LogP contribution in [0.15, 0.2) is 78.9 Å². The van der Waals surface area contributed by atoms with E-state index >= 15 is 0 Å². The van der Waals surface area contributed by atoms with Gasteiger partial charge in [0, 0.05) is 22.2 Å². The van der Waals surface area contributed by atoms with Crippen LogP contribution in [0.25, 0.3) is 10.9 Å². The van der Waals surface area contributed by atoms with Crippen molar-refractivity contribution in [2.75, 3.05) is 9.96 Å². The van der Waals surface area contributed by atoms with E-state index in [0.717, 1.165) is 32.7 Å². The molecule has 2 fully saturated rings. The first-order chi connectivity index (χ1) is 16.0. The number of nitrogens with zero attached hydrogens (tertiary/aromatic N) is 2. The summed E-state index contributed by atoms with van der Waals surface area (Å²) >= 11 is 0. The van der Waals surface area contributed by atoms with E-state index in [1.807, 2.05) is 61.5 Å². The molecule has 2 amide bonds. The Hall–Kier alpha value is -3.97. The van der Waals surface area contributed by atoms with Gasteiger partial charge in [0.05, 0.1) is 17.4 Å². The van der Waals surface area contributed by atoms with Gasteiger partial charge in [0.2, 0.25) is 5.91 Å². The molecule has 164 valence electrons. The lowest BCUT2D eigenvalue weighted by Crippen LogP contribution is -2.37. The molecule has 6 nitrogen and oxygen atoms in total. The second-order valence-corrected chi connectivity index (χ2v) is 8.36. The largest absolute Gasteiger partial charge is 0.358 e. The predicted octanol–water partition coefficient (Wildman–Crippen LogP) is 4.67. The van der Waals surface area contributed by atoms with Crippen LogP contribution in [-0.2, 0) is 14.4 Å². The minimum Gasteiger partial charge on any atom is -0.358 e. The minimum absolute atomic E-state index is 0.338. The van der Waals surface area contributed by atoms with Gasteiger partial charge in [-0.2, -0.15) is 0 Å². The van der Waals surface area contributed by atoms with Gasteiger partial charge >= 0.3 is 0 Å². The molecule has 0 bridgehead atoms. The van der Waals surface area contributed by atoms with Crippen LogP contribution in [0, 0.1) is 18.7 Å². The molecule has 3 atom stereocenters. The van der Waals surface area contributed by atoms with Crippen molar-refractivity contribution in [3.63, 3.8) is 0 Å². The Balaban J connectivity index is 1.51. The van der Waals surface area contributed by atoms with Crippen LogP contribution < -0.4 is 9.96 Å². The molecule has 0 saturated carbocycles. The number of para-hydroxylation sites is 2. The lowest BCUT2D eigenvalue weighted by atomic mass is 9.89. The lowest BCUT2D eigenvalue weighted by molar-refractivity contribution is -0.126. The molecular formula is C26H20FN3O3. The van der Waals surface area contributed by atoms with E-state index in [4.69, 9.17) is 4.84 Å². The highest BCUT2D eigenvalue weighted by atomic mass is 19.1. The van der Waals surface area contributed by atoms with Crippen molar-refractivity contribution in [3.8, 4) is 0 Å². The molecule has 2 saturated heterocycles. The van der Waals surface area contributed by atoms with E-state index in [0.29, 0.717) is 5.69 Å². The van der Waals surface area contributed by atoms with E-state index in [9.17, 15) is 14.0 Å². The molecule has 33 heavy (non-hydrogen) atoms. The van der Waals surface area contributed by atoms with Crippen LogP contribution in [0.4, 0.5) is 15.8 Å². The number of aryl methyl sites for hydroxylation is 1. The molecule has 3 aromatic carbocycles. The summed E-state index contributed by atoms with van der Waals surface area (Å²) in [5.41, 5.74) is 3.88. The van der Waals surface area contributed by atoms with Crippen molar-refractivity contribution in [2.24, 2.45) is 5.92 Å². The van der Waals surface area contributed by atoms with Gasteiger partial charge in [0.25, 0.3) is 5.91 Å². The maximum absolute atomic E-state index is 13.7. The Bertz CT molecular complexity index is 1380. The first-order valence-electron chi connectivity index (χ1n) is 10.8. The number of imide groups is 1.